The first-order chi connectivity index (χ1) is 11.6. The van der Waals surface area contributed by atoms with Gasteiger partial charge in [-0.3, -0.25) is 0 Å². The average Bonchev–Trinajstić information content (AvgIpc) is 2.55. The predicted octanol–water partition coefficient (Wildman–Crippen LogP) is 3.06. The molecule has 24 heavy (non-hydrogen) atoms. The molecule has 1 aromatic carbocycles. The van der Waals surface area contributed by atoms with Gasteiger partial charge in [0.05, 0.1) is 24.8 Å². The molecule has 0 fully saturated rings. The minimum Gasteiger partial charge on any atom is -0.494 e. The number of nitrogens with one attached hydrogen (secondary N) is 2. The van der Waals surface area contributed by atoms with Crippen molar-refractivity contribution in [1.82, 2.24) is 10.6 Å². The Morgan fingerprint density at radius 3 is 2.58 bits per heavy atom. The van der Waals surface area contributed by atoms with E-state index in [1.807, 2.05) is 38.1 Å². The molecule has 0 saturated heterocycles. The lowest BCUT2D eigenvalue weighted by Crippen LogP contribution is -2.46. The summed E-state index contributed by atoms with van der Waals surface area (Å²) >= 11 is 0. The van der Waals surface area contributed by atoms with E-state index in [0.717, 1.165) is 12.0 Å². The number of rotatable bonds is 7. The van der Waals surface area contributed by atoms with Crippen LogP contribution in [0.15, 0.2) is 35.5 Å². The zero-order chi connectivity index (χ0) is 17.5. The number of allylic oxidation sites excluding steroid dienone is 1. The molecule has 0 bridgehead atoms. The summed E-state index contributed by atoms with van der Waals surface area (Å²) in [5, 5.41) is 5.57. The maximum absolute atomic E-state index is 12.5. The lowest BCUT2D eigenvalue weighted by atomic mass is 9.93. The van der Waals surface area contributed by atoms with Crippen LogP contribution in [-0.4, -0.2) is 25.2 Å². The highest BCUT2D eigenvalue weighted by Crippen LogP contribution is 2.34. The summed E-state index contributed by atoms with van der Waals surface area (Å²) in [6.45, 7) is 6.41. The molecule has 0 radical (unpaired) electrons. The van der Waals surface area contributed by atoms with Gasteiger partial charge in [0.2, 0.25) is 0 Å². The van der Waals surface area contributed by atoms with Crippen molar-refractivity contribution in [2.75, 3.05) is 13.2 Å². The first-order valence-corrected chi connectivity index (χ1v) is 8.31. The Labute approximate surface area is 142 Å². The van der Waals surface area contributed by atoms with Crippen molar-refractivity contribution in [2.45, 2.75) is 39.7 Å². The Kier molecular flexibility index (Phi) is 6.23. The quantitative estimate of drug-likeness (QED) is 0.752. The summed E-state index contributed by atoms with van der Waals surface area (Å²) < 4.78 is 10.9. The monoisotopic (exact) mass is 332 g/mol. The molecule has 6 nitrogen and oxygen atoms in total. The SMILES string of the molecule is CCCC1=C(C(=O)OCC)[C@H](c2ccccc2OCC)NC(=O)N1. The summed E-state index contributed by atoms with van der Waals surface area (Å²) in [6, 6.07) is 6.47. The number of ether oxygens (including phenoxy) is 2. The topological polar surface area (TPSA) is 76.7 Å². The highest BCUT2D eigenvalue weighted by atomic mass is 16.5. The maximum Gasteiger partial charge on any atom is 0.338 e. The van der Waals surface area contributed by atoms with Gasteiger partial charge in [0.25, 0.3) is 0 Å². The molecule has 0 spiro atoms. The molecule has 1 heterocycles. The second kappa shape index (κ2) is 8.38. The molecule has 1 aliphatic rings. The van der Waals surface area contributed by atoms with Crippen molar-refractivity contribution in [3.05, 3.63) is 41.1 Å². The zero-order valence-corrected chi connectivity index (χ0v) is 14.3. The van der Waals surface area contributed by atoms with E-state index >= 15 is 0 Å². The minimum atomic E-state index is -0.595. The maximum atomic E-state index is 12.5. The van der Waals surface area contributed by atoms with E-state index in [1.54, 1.807) is 6.92 Å². The fraction of sp³-hybridized carbons (Fsp3) is 0.444. The molecule has 1 atom stereocenters. The molecule has 0 saturated carbocycles. The molecule has 1 aromatic rings. The van der Waals surface area contributed by atoms with Gasteiger partial charge < -0.3 is 20.1 Å². The van der Waals surface area contributed by atoms with Gasteiger partial charge in [0, 0.05) is 11.3 Å². The summed E-state index contributed by atoms with van der Waals surface area (Å²) in [7, 11) is 0. The molecule has 0 unspecified atom stereocenters. The molecule has 1 aliphatic heterocycles. The molecule has 6 heteroatoms. The van der Waals surface area contributed by atoms with Crippen LogP contribution in [0.25, 0.3) is 0 Å². The van der Waals surface area contributed by atoms with Crippen LogP contribution in [0.2, 0.25) is 0 Å². The third kappa shape index (κ3) is 3.88. The largest absolute Gasteiger partial charge is 0.494 e. The highest BCUT2D eigenvalue weighted by molar-refractivity contribution is 5.95. The zero-order valence-electron chi connectivity index (χ0n) is 14.3. The van der Waals surface area contributed by atoms with Crippen molar-refractivity contribution >= 4 is 12.0 Å². The normalized spacial score (nSPS) is 17.1. The number of urea groups is 1. The van der Waals surface area contributed by atoms with Crippen molar-refractivity contribution in [3.8, 4) is 5.75 Å². The molecular formula is C18H24N2O4. The number of hydrogen-bond donors (Lipinski definition) is 2. The Hall–Kier alpha value is -2.50. The van der Waals surface area contributed by atoms with Crippen LogP contribution in [-0.2, 0) is 9.53 Å². The number of amides is 2. The van der Waals surface area contributed by atoms with Crippen molar-refractivity contribution < 1.29 is 19.1 Å². The van der Waals surface area contributed by atoms with Gasteiger partial charge in [0.15, 0.2) is 0 Å². The number of hydrogen-bond acceptors (Lipinski definition) is 4. The van der Waals surface area contributed by atoms with Crippen LogP contribution in [0.4, 0.5) is 4.79 Å². The van der Waals surface area contributed by atoms with E-state index in [4.69, 9.17) is 9.47 Å². The summed E-state index contributed by atoms with van der Waals surface area (Å²) in [6.07, 6.45) is 1.40. The highest BCUT2D eigenvalue weighted by Gasteiger charge is 2.34. The molecule has 130 valence electrons. The molecule has 0 aromatic heterocycles. The van der Waals surface area contributed by atoms with Crippen LogP contribution < -0.4 is 15.4 Å². The van der Waals surface area contributed by atoms with E-state index in [-0.39, 0.29) is 12.6 Å². The van der Waals surface area contributed by atoms with E-state index in [9.17, 15) is 9.59 Å². The number of benzene rings is 1. The standard InChI is InChI=1S/C18H24N2O4/c1-4-9-13-15(17(21)24-6-3)16(20-18(22)19-13)12-10-7-8-11-14(12)23-5-2/h7-8,10-11,16H,4-6,9H2,1-3H3,(H2,19,20,22)/t16-/m0/s1. The lowest BCUT2D eigenvalue weighted by Gasteiger charge is -2.30. The van der Waals surface area contributed by atoms with E-state index in [1.165, 1.54) is 0 Å². The van der Waals surface area contributed by atoms with Gasteiger partial charge in [-0.1, -0.05) is 31.5 Å². The van der Waals surface area contributed by atoms with Crippen LogP contribution in [0.3, 0.4) is 0 Å². The van der Waals surface area contributed by atoms with Crippen LogP contribution >= 0.6 is 0 Å². The number of carbonyl (C=O) groups excluding carboxylic acids is 2. The smallest absolute Gasteiger partial charge is 0.338 e. The molecular weight excluding hydrogens is 308 g/mol. The molecule has 2 N–H and O–H groups in total. The Morgan fingerprint density at radius 2 is 1.92 bits per heavy atom. The van der Waals surface area contributed by atoms with Crippen LogP contribution in [0.5, 0.6) is 5.75 Å². The van der Waals surface area contributed by atoms with Gasteiger partial charge in [0.1, 0.15) is 5.75 Å². The van der Waals surface area contributed by atoms with E-state index in [0.29, 0.717) is 30.0 Å². The Morgan fingerprint density at radius 1 is 1.17 bits per heavy atom. The van der Waals surface area contributed by atoms with E-state index in [2.05, 4.69) is 10.6 Å². The second-order valence-corrected chi connectivity index (χ2v) is 5.37. The fourth-order valence-electron chi connectivity index (χ4n) is 2.75. The molecule has 0 aliphatic carbocycles. The minimum absolute atomic E-state index is 0.273. The average molecular weight is 332 g/mol. The summed E-state index contributed by atoms with van der Waals surface area (Å²) in [5.74, 6) is 0.217. The molecule has 2 rings (SSSR count). The van der Waals surface area contributed by atoms with Gasteiger partial charge >= 0.3 is 12.0 Å². The number of carbonyl (C=O) groups is 2. The summed E-state index contributed by atoms with van der Waals surface area (Å²) in [5.41, 5.74) is 1.78. The van der Waals surface area contributed by atoms with E-state index < -0.39 is 12.0 Å². The van der Waals surface area contributed by atoms with Crippen LogP contribution in [0, 0.1) is 0 Å². The Bertz CT molecular complexity index is 640. The third-order valence-corrected chi connectivity index (χ3v) is 3.68. The third-order valence-electron chi connectivity index (χ3n) is 3.68. The van der Waals surface area contributed by atoms with Crippen molar-refractivity contribution in [2.24, 2.45) is 0 Å². The molecule has 2 amide bonds. The first kappa shape index (κ1) is 17.8. The predicted molar refractivity (Wildman–Crippen MR) is 90.6 cm³/mol. The van der Waals surface area contributed by atoms with Gasteiger partial charge in [-0.15, -0.1) is 0 Å². The Balaban J connectivity index is 2.53. The van der Waals surface area contributed by atoms with Crippen molar-refractivity contribution in [3.63, 3.8) is 0 Å². The number of para-hydroxylation sites is 1. The fourth-order valence-corrected chi connectivity index (χ4v) is 2.75. The van der Waals surface area contributed by atoms with Gasteiger partial charge in [-0.2, -0.15) is 0 Å². The van der Waals surface area contributed by atoms with Crippen molar-refractivity contribution in [1.29, 1.82) is 0 Å². The summed E-state index contributed by atoms with van der Waals surface area (Å²) in [4.78, 5) is 24.6. The first-order valence-electron chi connectivity index (χ1n) is 8.31. The van der Waals surface area contributed by atoms with Gasteiger partial charge in [-0.05, 0) is 26.3 Å². The van der Waals surface area contributed by atoms with Gasteiger partial charge in [-0.25, -0.2) is 9.59 Å². The number of esters is 1. The van der Waals surface area contributed by atoms with Crippen LogP contribution in [0.1, 0.15) is 45.2 Å². The second-order valence-electron chi connectivity index (χ2n) is 5.37. The lowest BCUT2D eigenvalue weighted by molar-refractivity contribution is -0.139.